The largest absolute Gasteiger partial charge is 0.274 e. The fraction of sp³-hybridized carbons (Fsp3) is 0.143. The SMILES string of the molecule is O=C1[C@@H]2[C@@H](C(=O)N1c1ccccc1Cl)[C@H]1C=C[C@@H]2C1=C(c1ccccc1)c1ccccc1. The summed E-state index contributed by atoms with van der Waals surface area (Å²) in [6.07, 6.45) is 4.24. The van der Waals surface area contributed by atoms with Crippen LogP contribution in [0.15, 0.2) is 103 Å². The van der Waals surface area contributed by atoms with Crippen molar-refractivity contribution in [1.82, 2.24) is 0 Å². The van der Waals surface area contributed by atoms with Gasteiger partial charge in [-0.3, -0.25) is 9.59 Å². The highest BCUT2D eigenvalue weighted by atomic mass is 35.5. The van der Waals surface area contributed by atoms with Crippen LogP contribution >= 0.6 is 11.6 Å². The molecule has 3 nitrogen and oxygen atoms in total. The molecule has 1 heterocycles. The van der Waals surface area contributed by atoms with Gasteiger partial charge in [-0.2, -0.15) is 0 Å². The Balaban J connectivity index is 1.50. The monoisotopic (exact) mass is 437 g/mol. The van der Waals surface area contributed by atoms with E-state index in [-0.39, 0.29) is 35.5 Å². The Morgan fingerprint density at radius 1 is 0.656 bits per heavy atom. The Morgan fingerprint density at radius 2 is 1.12 bits per heavy atom. The number of imide groups is 1. The molecule has 0 spiro atoms. The number of halogens is 1. The maximum absolute atomic E-state index is 13.6. The van der Waals surface area contributed by atoms with Crippen molar-refractivity contribution in [3.05, 3.63) is 119 Å². The van der Waals surface area contributed by atoms with Gasteiger partial charge in [0.2, 0.25) is 11.8 Å². The van der Waals surface area contributed by atoms with Gasteiger partial charge in [0.1, 0.15) is 0 Å². The van der Waals surface area contributed by atoms with E-state index in [0.29, 0.717) is 10.7 Å². The smallest absolute Gasteiger partial charge is 0.238 e. The molecule has 1 saturated carbocycles. The summed E-state index contributed by atoms with van der Waals surface area (Å²) in [5.74, 6) is -1.25. The summed E-state index contributed by atoms with van der Waals surface area (Å²) >= 11 is 6.35. The van der Waals surface area contributed by atoms with Crippen LogP contribution in [-0.2, 0) is 9.59 Å². The van der Waals surface area contributed by atoms with Gasteiger partial charge in [-0.1, -0.05) is 96.5 Å². The summed E-state index contributed by atoms with van der Waals surface area (Å²) in [7, 11) is 0. The zero-order valence-electron chi connectivity index (χ0n) is 17.2. The van der Waals surface area contributed by atoms with Crippen molar-refractivity contribution in [2.45, 2.75) is 0 Å². The molecule has 3 aromatic carbocycles. The van der Waals surface area contributed by atoms with E-state index in [4.69, 9.17) is 11.6 Å². The highest BCUT2D eigenvalue weighted by Crippen LogP contribution is 2.59. The minimum absolute atomic E-state index is 0.0932. The predicted molar refractivity (Wildman–Crippen MR) is 126 cm³/mol. The third-order valence-corrected chi connectivity index (χ3v) is 7.24. The predicted octanol–water partition coefficient (Wildman–Crippen LogP) is 5.76. The van der Waals surface area contributed by atoms with Crippen LogP contribution in [0.2, 0.25) is 5.02 Å². The molecule has 4 heteroatoms. The first-order valence-corrected chi connectivity index (χ1v) is 11.2. The van der Waals surface area contributed by atoms with Gasteiger partial charge in [-0.25, -0.2) is 4.90 Å². The van der Waals surface area contributed by atoms with Crippen LogP contribution in [0, 0.1) is 23.7 Å². The topological polar surface area (TPSA) is 37.4 Å². The van der Waals surface area contributed by atoms with Crippen LogP contribution in [0.3, 0.4) is 0 Å². The van der Waals surface area contributed by atoms with E-state index in [1.165, 1.54) is 10.5 Å². The van der Waals surface area contributed by atoms with E-state index in [1.54, 1.807) is 24.3 Å². The maximum atomic E-state index is 13.6. The molecule has 3 aromatic rings. The fourth-order valence-corrected chi connectivity index (χ4v) is 5.90. The molecule has 2 fully saturated rings. The number of hydrogen-bond donors (Lipinski definition) is 0. The lowest BCUT2D eigenvalue weighted by Crippen LogP contribution is -2.33. The molecule has 2 bridgehead atoms. The molecular formula is C28H20ClNO2. The van der Waals surface area contributed by atoms with Crippen molar-refractivity contribution in [2.75, 3.05) is 4.90 Å². The zero-order valence-corrected chi connectivity index (χ0v) is 17.9. The van der Waals surface area contributed by atoms with Gasteiger partial charge in [-0.15, -0.1) is 0 Å². The van der Waals surface area contributed by atoms with E-state index in [1.807, 2.05) is 36.4 Å². The summed E-state index contributed by atoms with van der Waals surface area (Å²) in [4.78, 5) is 28.5. The fourth-order valence-electron chi connectivity index (χ4n) is 5.68. The Bertz CT molecular complexity index is 1220. The van der Waals surface area contributed by atoms with E-state index in [9.17, 15) is 9.59 Å². The first kappa shape index (κ1) is 19.3. The summed E-state index contributed by atoms with van der Waals surface area (Å²) < 4.78 is 0. The van der Waals surface area contributed by atoms with Crippen LogP contribution in [0.4, 0.5) is 5.69 Å². The highest BCUT2D eigenvalue weighted by molar-refractivity contribution is 6.36. The lowest BCUT2D eigenvalue weighted by molar-refractivity contribution is -0.122. The second-order valence-electron chi connectivity index (χ2n) is 8.51. The lowest BCUT2D eigenvalue weighted by atomic mass is 9.85. The quantitative estimate of drug-likeness (QED) is 0.385. The van der Waals surface area contributed by atoms with Crippen molar-refractivity contribution in [2.24, 2.45) is 23.7 Å². The Labute approximate surface area is 191 Å². The molecule has 3 aliphatic rings. The van der Waals surface area contributed by atoms with Crippen LogP contribution in [0.1, 0.15) is 11.1 Å². The molecule has 2 aliphatic carbocycles. The standard InChI is InChI=1S/C28H20ClNO2/c29-21-13-7-8-14-22(21)30-27(31)25-19-15-16-20(26(25)28(30)32)24(19)23(17-9-3-1-4-10-17)18-11-5-2-6-12-18/h1-16,19-20,25-26H/t19-,20+,25-,26-/m0/s1. The Morgan fingerprint density at radius 3 is 1.62 bits per heavy atom. The molecule has 6 rings (SSSR count). The lowest BCUT2D eigenvalue weighted by Gasteiger charge is -2.22. The van der Waals surface area contributed by atoms with Gasteiger partial charge in [0.15, 0.2) is 0 Å². The molecule has 0 aromatic heterocycles. The first-order valence-electron chi connectivity index (χ1n) is 10.8. The van der Waals surface area contributed by atoms with Crippen molar-refractivity contribution in [3.8, 4) is 0 Å². The Kier molecular flexibility index (Phi) is 4.41. The number of benzene rings is 3. The second-order valence-corrected chi connectivity index (χ2v) is 8.92. The van der Waals surface area contributed by atoms with Gasteiger partial charge in [0.05, 0.1) is 22.5 Å². The average Bonchev–Trinajstić information content (AvgIpc) is 3.46. The normalized spacial score (nSPS) is 25.5. The maximum Gasteiger partial charge on any atom is 0.238 e. The van der Waals surface area contributed by atoms with Gasteiger partial charge in [0, 0.05) is 11.8 Å². The van der Waals surface area contributed by atoms with Gasteiger partial charge < -0.3 is 0 Å². The van der Waals surface area contributed by atoms with E-state index < -0.39 is 0 Å². The number of carbonyl (C=O) groups excluding carboxylic acids is 2. The van der Waals surface area contributed by atoms with Crippen LogP contribution in [0.25, 0.3) is 5.57 Å². The number of anilines is 1. The number of amides is 2. The number of fused-ring (bicyclic) bond motifs is 5. The summed E-state index contributed by atoms with van der Waals surface area (Å²) in [6, 6.07) is 27.6. The van der Waals surface area contributed by atoms with Crippen LogP contribution < -0.4 is 4.90 Å². The first-order chi connectivity index (χ1) is 15.7. The molecule has 0 N–H and O–H groups in total. The molecule has 156 valence electrons. The van der Waals surface area contributed by atoms with Gasteiger partial charge >= 0.3 is 0 Å². The number of rotatable bonds is 3. The number of hydrogen-bond acceptors (Lipinski definition) is 2. The van der Waals surface area contributed by atoms with Crippen molar-refractivity contribution in [3.63, 3.8) is 0 Å². The minimum Gasteiger partial charge on any atom is -0.274 e. The number of nitrogens with zero attached hydrogens (tertiary/aromatic N) is 1. The highest BCUT2D eigenvalue weighted by Gasteiger charge is 2.62. The Hall–Kier alpha value is -3.43. The number of para-hydroxylation sites is 1. The summed E-state index contributed by atoms with van der Waals surface area (Å²) in [5, 5.41) is 0.416. The van der Waals surface area contributed by atoms with Crippen molar-refractivity contribution in [1.29, 1.82) is 0 Å². The third-order valence-electron chi connectivity index (χ3n) is 6.92. The molecule has 1 saturated heterocycles. The van der Waals surface area contributed by atoms with E-state index in [0.717, 1.165) is 16.7 Å². The molecule has 0 radical (unpaired) electrons. The molecule has 2 amide bonds. The zero-order chi connectivity index (χ0) is 21.8. The average molecular weight is 438 g/mol. The summed E-state index contributed by atoms with van der Waals surface area (Å²) in [5.41, 5.74) is 5.00. The molecule has 4 atom stereocenters. The molecule has 1 aliphatic heterocycles. The van der Waals surface area contributed by atoms with Crippen molar-refractivity contribution >= 4 is 34.7 Å². The molecular weight excluding hydrogens is 418 g/mol. The van der Waals surface area contributed by atoms with E-state index in [2.05, 4.69) is 36.4 Å². The van der Waals surface area contributed by atoms with Gasteiger partial charge in [0.25, 0.3) is 0 Å². The molecule has 0 unspecified atom stereocenters. The second kappa shape index (κ2) is 7.32. The van der Waals surface area contributed by atoms with Gasteiger partial charge in [-0.05, 0) is 34.4 Å². The van der Waals surface area contributed by atoms with Crippen molar-refractivity contribution < 1.29 is 9.59 Å². The van der Waals surface area contributed by atoms with Crippen LogP contribution in [-0.4, -0.2) is 11.8 Å². The third kappa shape index (κ3) is 2.68. The minimum atomic E-state index is -0.383. The number of allylic oxidation sites excluding steroid dienone is 3. The van der Waals surface area contributed by atoms with Crippen LogP contribution in [0.5, 0.6) is 0 Å². The summed E-state index contributed by atoms with van der Waals surface area (Å²) in [6.45, 7) is 0. The molecule has 32 heavy (non-hydrogen) atoms. The number of carbonyl (C=O) groups is 2. The van der Waals surface area contributed by atoms with E-state index >= 15 is 0 Å².